The van der Waals surface area contributed by atoms with E-state index in [1.54, 1.807) is 12.1 Å². The maximum Gasteiger partial charge on any atom is 0.534 e. The van der Waals surface area contributed by atoms with Gasteiger partial charge in [0.1, 0.15) is 17.3 Å². The van der Waals surface area contributed by atoms with Gasteiger partial charge in [0.15, 0.2) is 11.6 Å². The summed E-state index contributed by atoms with van der Waals surface area (Å²) in [4.78, 5) is 26.3. The van der Waals surface area contributed by atoms with Crippen molar-refractivity contribution in [3.8, 4) is 11.8 Å². The van der Waals surface area contributed by atoms with Gasteiger partial charge in [-0.25, -0.2) is 18.4 Å². The van der Waals surface area contributed by atoms with Crippen LogP contribution in [-0.2, 0) is 29.2 Å². The Balaban J connectivity index is 2.42. The van der Waals surface area contributed by atoms with Crippen molar-refractivity contribution in [2.45, 2.75) is 11.4 Å². The van der Waals surface area contributed by atoms with E-state index in [4.69, 9.17) is 15.2 Å². The van der Waals surface area contributed by atoms with Gasteiger partial charge < -0.3 is 19.4 Å². The van der Waals surface area contributed by atoms with Crippen LogP contribution in [0.25, 0.3) is 0 Å². The van der Waals surface area contributed by atoms with Gasteiger partial charge in [-0.1, -0.05) is 30.3 Å². The molecular weight excluding hydrogens is 557 g/mol. The van der Waals surface area contributed by atoms with E-state index in [1.807, 2.05) is 0 Å². The number of methoxy groups -OCH3 is 2. The van der Waals surface area contributed by atoms with Crippen molar-refractivity contribution in [1.29, 1.82) is 5.26 Å². The molecule has 3 rings (SSSR count). The van der Waals surface area contributed by atoms with Gasteiger partial charge in [0, 0.05) is 12.1 Å². The number of nitrogens with zero attached hydrogens (tertiary/aromatic N) is 2. The average Bonchev–Trinajstić information content (AvgIpc) is 2.88. The molecule has 0 fully saturated rings. The Morgan fingerprint density at radius 2 is 1.62 bits per heavy atom. The number of allylic oxidation sites excluding steroid dienone is 1. The quantitative estimate of drug-likeness (QED) is 0.236. The van der Waals surface area contributed by atoms with Crippen molar-refractivity contribution in [2.75, 3.05) is 19.1 Å². The molecule has 2 aromatic rings. The van der Waals surface area contributed by atoms with E-state index in [0.717, 1.165) is 14.2 Å². The van der Waals surface area contributed by atoms with Crippen LogP contribution < -0.4 is 14.8 Å². The average molecular weight is 573 g/mol. The second-order valence-corrected chi connectivity index (χ2v) is 9.09. The van der Waals surface area contributed by atoms with Gasteiger partial charge in [-0.3, -0.25) is 4.90 Å². The molecule has 0 saturated heterocycles. The smallest absolute Gasteiger partial charge is 0.466 e. The molecule has 2 N–H and O–H groups in total. The molecule has 0 radical (unpaired) electrons. The van der Waals surface area contributed by atoms with Crippen LogP contribution in [0.1, 0.15) is 11.5 Å². The van der Waals surface area contributed by atoms with Crippen molar-refractivity contribution in [3.63, 3.8) is 0 Å². The molecule has 1 aliphatic heterocycles. The third kappa shape index (κ3) is 5.21. The van der Waals surface area contributed by atoms with Crippen LogP contribution in [0.3, 0.4) is 0 Å². The number of nitriles is 1. The first kappa shape index (κ1) is 28.9. The number of nitrogens with two attached hydrogens (primary N) is 1. The summed E-state index contributed by atoms with van der Waals surface area (Å²) < 4.78 is 104. The lowest BCUT2D eigenvalue weighted by Gasteiger charge is -2.36. The lowest BCUT2D eigenvalue weighted by Crippen LogP contribution is -2.41. The number of halogens is 5. The summed E-state index contributed by atoms with van der Waals surface area (Å²) >= 11 is 0. The van der Waals surface area contributed by atoms with Crippen LogP contribution in [0.5, 0.6) is 5.75 Å². The van der Waals surface area contributed by atoms with Crippen molar-refractivity contribution in [1.82, 2.24) is 0 Å². The Hall–Kier alpha value is -4.65. The summed E-state index contributed by atoms with van der Waals surface area (Å²) in [5, 5.41) is 9.93. The van der Waals surface area contributed by atoms with Gasteiger partial charge in [0.25, 0.3) is 0 Å². The van der Waals surface area contributed by atoms with Crippen molar-refractivity contribution in [2.24, 2.45) is 5.73 Å². The molecule has 0 aliphatic carbocycles. The first-order valence-electron chi connectivity index (χ1n) is 10.4. The lowest BCUT2D eigenvalue weighted by atomic mass is 9.81. The summed E-state index contributed by atoms with van der Waals surface area (Å²) in [6.07, 6.45) is 0. The van der Waals surface area contributed by atoms with Crippen LogP contribution >= 0.6 is 0 Å². The normalized spacial score (nSPS) is 16.1. The third-order valence-corrected chi connectivity index (χ3v) is 6.30. The number of alkyl halides is 3. The molecule has 0 saturated carbocycles. The molecular formula is C23H16F5N3O7S. The van der Waals surface area contributed by atoms with Gasteiger partial charge in [0.2, 0.25) is 0 Å². The number of esters is 2. The number of hydrogen-bond acceptors (Lipinski definition) is 10. The second-order valence-electron chi connectivity index (χ2n) is 7.55. The number of benzene rings is 2. The summed E-state index contributed by atoms with van der Waals surface area (Å²) in [5.41, 5.74) is -2.59. The van der Waals surface area contributed by atoms with Gasteiger partial charge in [-0.2, -0.15) is 26.9 Å². The predicted octanol–water partition coefficient (Wildman–Crippen LogP) is 3.09. The summed E-state index contributed by atoms with van der Waals surface area (Å²) in [5.74, 6) is -9.78. The molecule has 1 heterocycles. The highest BCUT2D eigenvalue weighted by molar-refractivity contribution is 7.88. The molecule has 0 aromatic heterocycles. The first-order valence-corrected chi connectivity index (χ1v) is 11.8. The van der Waals surface area contributed by atoms with Gasteiger partial charge in [-0.05, 0) is 5.56 Å². The van der Waals surface area contributed by atoms with Gasteiger partial charge in [0.05, 0.1) is 43.0 Å². The van der Waals surface area contributed by atoms with Crippen molar-refractivity contribution in [3.05, 3.63) is 82.3 Å². The number of anilines is 1. The minimum atomic E-state index is -6.42. The Bertz CT molecular complexity index is 1550. The van der Waals surface area contributed by atoms with E-state index in [0.29, 0.717) is 4.90 Å². The molecule has 1 atom stereocenters. The predicted molar refractivity (Wildman–Crippen MR) is 122 cm³/mol. The standard InChI is InChI=1S/C23H16F5N3O7S/c1-36-21(32)18-17(11-6-4-3-5-7-11)12(10-29)20(30)31(19(18)22(33)37-2)15-9-16(14(25)8-13(15)24)38-39(34,35)23(26,27)28/h3-9,17H,30H2,1-2H3. The number of rotatable bonds is 6. The van der Waals surface area contributed by atoms with Gasteiger partial charge >= 0.3 is 27.6 Å². The molecule has 10 nitrogen and oxygen atoms in total. The zero-order valence-corrected chi connectivity index (χ0v) is 20.6. The Labute approximate surface area is 217 Å². The van der Waals surface area contributed by atoms with Crippen LogP contribution in [-0.4, -0.2) is 40.1 Å². The fourth-order valence-electron chi connectivity index (χ4n) is 3.68. The highest BCUT2D eigenvalue weighted by Gasteiger charge is 2.49. The molecule has 206 valence electrons. The monoisotopic (exact) mass is 573 g/mol. The minimum Gasteiger partial charge on any atom is -0.466 e. The van der Waals surface area contributed by atoms with Crippen molar-refractivity contribution < 1.29 is 53.6 Å². The van der Waals surface area contributed by atoms with Crippen LogP contribution in [0.2, 0.25) is 0 Å². The van der Waals surface area contributed by atoms with Crippen LogP contribution in [0.4, 0.5) is 27.6 Å². The summed E-state index contributed by atoms with van der Waals surface area (Å²) in [6, 6.07) is 9.44. The number of ether oxygens (including phenoxy) is 2. The fraction of sp³-hybridized carbons (Fsp3) is 0.174. The van der Waals surface area contributed by atoms with Crippen LogP contribution in [0.15, 0.2) is 65.1 Å². The summed E-state index contributed by atoms with van der Waals surface area (Å²) in [6.45, 7) is 0. The van der Waals surface area contributed by atoms with E-state index in [2.05, 4.69) is 4.18 Å². The molecule has 0 bridgehead atoms. The molecule has 0 amide bonds. The Kier molecular flexibility index (Phi) is 7.87. The molecule has 16 heteroatoms. The second kappa shape index (κ2) is 10.6. The molecule has 1 unspecified atom stereocenters. The lowest BCUT2D eigenvalue weighted by molar-refractivity contribution is -0.139. The highest BCUT2D eigenvalue weighted by Crippen LogP contribution is 2.44. The van der Waals surface area contributed by atoms with E-state index >= 15 is 4.39 Å². The van der Waals surface area contributed by atoms with Gasteiger partial charge in [-0.15, -0.1) is 0 Å². The SMILES string of the molecule is COC(=O)C1=C(C(=O)OC)N(c2cc(OS(=O)(=O)C(F)(F)F)c(F)cc2F)C(N)=C(C#N)C1c1ccccc1. The van der Waals surface area contributed by atoms with Crippen molar-refractivity contribution >= 4 is 27.7 Å². The number of carbonyl (C=O) groups excluding carboxylic acids is 2. The largest absolute Gasteiger partial charge is 0.534 e. The minimum absolute atomic E-state index is 0.0497. The zero-order chi connectivity index (χ0) is 29.3. The Morgan fingerprint density at radius 3 is 2.13 bits per heavy atom. The van der Waals surface area contributed by atoms with E-state index < -0.39 is 79.2 Å². The number of carbonyl (C=O) groups is 2. The highest BCUT2D eigenvalue weighted by atomic mass is 32.2. The van der Waals surface area contributed by atoms with E-state index in [1.165, 1.54) is 24.3 Å². The van der Waals surface area contributed by atoms with E-state index in [-0.39, 0.29) is 17.7 Å². The number of hydrogen-bond donors (Lipinski definition) is 1. The maximum absolute atomic E-state index is 15.1. The fourth-order valence-corrected chi connectivity index (χ4v) is 4.14. The Morgan fingerprint density at radius 1 is 1.03 bits per heavy atom. The third-order valence-electron chi connectivity index (χ3n) is 5.34. The molecule has 2 aromatic carbocycles. The van der Waals surface area contributed by atoms with E-state index in [9.17, 15) is 40.8 Å². The zero-order valence-electron chi connectivity index (χ0n) is 19.7. The molecule has 0 spiro atoms. The molecule has 39 heavy (non-hydrogen) atoms. The molecule has 1 aliphatic rings. The summed E-state index contributed by atoms with van der Waals surface area (Å²) in [7, 11) is -4.63. The topological polar surface area (TPSA) is 149 Å². The first-order chi connectivity index (χ1) is 18.2. The maximum atomic E-state index is 15.1. The van der Waals surface area contributed by atoms with Crippen LogP contribution in [0, 0.1) is 23.0 Å².